The lowest BCUT2D eigenvalue weighted by Crippen LogP contribution is -2.26. The van der Waals surface area contributed by atoms with Crippen LogP contribution in [0.3, 0.4) is 0 Å². The van der Waals surface area contributed by atoms with Crippen molar-refractivity contribution in [2.75, 3.05) is 13.2 Å². The molecule has 6 heteroatoms. The minimum absolute atomic E-state index is 0.158. The second-order valence-electron chi connectivity index (χ2n) is 5.61. The van der Waals surface area contributed by atoms with Crippen LogP contribution in [0.15, 0.2) is 46.9 Å². The van der Waals surface area contributed by atoms with Crippen LogP contribution < -0.4 is 5.32 Å². The Morgan fingerprint density at radius 2 is 1.92 bits per heavy atom. The Kier molecular flexibility index (Phi) is 7.60. The predicted molar refractivity (Wildman–Crippen MR) is 99.3 cm³/mol. The van der Waals surface area contributed by atoms with Crippen LogP contribution in [0, 0.1) is 6.92 Å². The molecule has 1 N–H and O–H groups in total. The van der Waals surface area contributed by atoms with Gasteiger partial charge in [-0.15, -0.1) is 0 Å². The van der Waals surface area contributed by atoms with Crippen LogP contribution in [0.4, 0.5) is 0 Å². The molecule has 0 fully saturated rings. The molecule has 0 aliphatic carbocycles. The van der Waals surface area contributed by atoms with Crippen molar-refractivity contribution < 1.29 is 14.3 Å². The van der Waals surface area contributed by atoms with Crippen molar-refractivity contribution in [2.24, 2.45) is 0 Å². The van der Waals surface area contributed by atoms with E-state index in [1.165, 1.54) is 0 Å². The van der Waals surface area contributed by atoms with Gasteiger partial charge in [-0.25, -0.2) is 0 Å². The zero-order chi connectivity index (χ0) is 18.1. The number of esters is 1. The maximum absolute atomic E-state index is 11.9. The molecule has 5 nitrogen and oxygen atoms in total. The monoisotopic (exact) mass is 404 g/mol. The van der Waals surface area contributed by atoms with Crippen molar-refractivity contribution in [2.45, 2.75) is 26.2 Å². The SMILES string of the molecule is Cc1cccc(CCCOC(=O)CCNC(=O)c2ccc(Br)cc2)n1. The molecule has 0 saturated carbocycles. The number of ether oxygens (including phenoxy) is 1. The van der Waals surface area contributed by atoms with Gasteiger partial charge >= 0.3 is 5.97 Å². The van der Waals surface area contributed by atoms with E-state index in [9.17, 15) is 9.59 Å². The highest BCUT2D eigenvalue weighted by molar-refractivity contribution is 9.10. The molecule has 0 saturated heterocycles. The molecule has 132 valence electrons. The molecule has 2 aromatic rings. The van der Waals surface area contributed by atoms with Crippen LogP contribution >= 0.6 is 15.9 Å². The highest BCUT2D eigenvalue weighted by Gasteiger charge is 2.07. The molecule has 0 aliphatic rings. The van der Waals surface area contributed by atoms with E-state index >= 15 is 0 Å². The van der Waals surface area contributed by atoms with E-state index in [-0.39, 0.29) is 24.8 Å². The number of carbonyl (C=O) groups excluding carboxylic acids is 2. The van der Waals surface area contributed by atoms with Gasteiger partial charge in [0.2, 0.25) is 0 Å². The number of nitrogens with one attached hydrogen (secondary N) is 1. The van der Waals surface area contributed by atoms with Crippen LogP contribution in [0.1, 0.15) is 34.6 Å². The van der Waals surface area contributed by atoms with E-state index in [2.05, 4.69) is 26.2 Å². The largest absolute Gasteiger partial charge is 0.466 e. The third-order valence-corrected chi connectivity index (χ3v) is 4.04. The number of pyridine rings is 1. The molecule has 0 radical (unpaired) electrons. The van der Waals surface area contributed by atoms with E-state index in [1.54, 1.807) is 24.3 Å². The Bertz CT molecular complexity index is 717. The summed E-state index contributed by atoms with van der Waals surface area (Å²) in [4.78, 5) is 28.0. The summed E-state index contributed by atoms with van der Waals surface area (Å²) in [6.45, 7) is 2.56. The molecule has 1 heterocycles. The third kappa shape index (κ3) is 7.05. The first kappa shape index (κ1) is 19.1. The summed E-state index contributed by atoms with van der Waals surface area (Å²) in [5.74, 6) is -0.515. The fourth-order valence-electron chi connectivity index (χ4n) is 2.23. The standard InChI is InChI=1S/C19H21BrN2O3/c1-14-4-2-5-17(22-14)6-3-13-25-18(23)11-12-21-19(24)15-7-9-16(20)10-8-15/h2,4-5,7-10H,3,6,11-13H2,1H3,(H,21,24). The first-order valence-electron chi connectivity index (χ1n) is 8.16. The van der Waals surface area contributed by atoms with Crippen LogP contribution in [-0.4, -0.2) is 30.0 Å². The number of carbonyl (C=O) groups is 2. The van der Waals surface area contributed by atoms with Crippen molar-refractivity contribution in [3.8, 4) is 0 Å². The molecule has 0 unspecified atom stereocenters. The molecule has 0 atom stereocenters. The van der Waals surface area contributed by atoms with Crippen LogP contribution in [0.5, 0.6) is 0 Å². The summed E-state index contributed by atoms with van der Waals surface area (Å²) in [5.41, 5.74) is 2.54. The summed E-state index contributed by atoms with van der Waals surface area (Å²) in [7, 11) is 0. The molecule has 0 spiro atoms. The Morgan fingerprint density at radius 3 is 2.64 bits per heavy atom. The number of hydrogen-bond donors (Lipinski definition) is 1. The van der Waals surface area contributed by atoms with Gasteiger partial charge < -0.3 is 10.1 Å². The Balaban J connectivity index is 1.59. The molecule has 1 aromatic carbocycles. The Hall–Kier alpha value is -2.21. The minimum Gasteiger partial charge on any atom is -0.466 e. The summed E-state index contributed by atoms with van der Waals surface area (Å²) in [6, 6.07) is 12.9. The molecule has 1 amide bonds. The zero-order valence-electron chi connectivity index (χ0n) is 14.1. The van der Waals surface area contributed by atoms with Crippen molar-refractivity contribution in [1.82, 2.24) is 10.3 Å². The average Bonchev–Trinajstić information content (AvgIpc) is 2.59. The van der Waals surface area contributed by atoms with Gasteiger partial charge in [0.1, 0.15) is 0 Å². The van der Waals surface area contributed by atoms with E-state index in [1.807, 2.05) is 25.1 Å². The lowest BCUT2D eigenvalue weighted by atomic mass is 10.2. The summed E-state index contributed by atoms with van der Waals surface area (Å²) in [5, 5.41) is 2.71. The van der Waals surface area contributed by atoms with E-state index in [0.717, 1.165) is 28.7 Å². The van der Waals surface area contributed by atoms with Crippen molar-refractivity contribution in [3.05, 3.63) is 63.9 Å². The summed E-state index contributed by atoms with van der Waals surface area (Å²) >= 11 is 3.32. The van der Waals surface area contributed by atoms with Gasteiger partial charge in [0.15, 0.2) is 0 Å². The highest BCUT2D eigenvalue weighted by Crippen LogP contribution is 2.10. The number of rotatable bonds is 8. The van der Waals surface area contributed by atoms with Crippen LogP contribution in [-0.2, 0) is 16.0 Å². The quantitative estimate of drug-likeness (QED) is 0.540. The number of nitrogens with zero attached hydrogens (tertiary/aromatic N) is 1. The summed E-state index contributed by atoms with van der Waals surface area (Å²) in [6.07, 6.45) is 1.66. The molecule has 25 heavy (non-hydrogen) atoms. The summed E-state index contributed by atoms with van der Waals surface area (Å²) < 4.78 is 6.08. The van der Waals surface area contributed by atoms with E-state index < -0.39 is 0 Å². The predicted octanol–water partition coefficient (Wildman–Crippen LogP) is 3.45. The third-order valence-electron chi connectivity index (χ3n) is 3.51. The second kappa shape index (κ2) is 9.93. The van der Waals surface area contributed by atoms with Crippen LogP contribution in [0.2, 0.25) is 0 Å². The molecular formula is C19H21BrN2O3. The smallest absolute Gasteiger partial charge is 0.307 e. The minimum atomic E-state index is -0.312. The molecule has 1 aromatic heterocycles. The molecule has 0 bridgehead atoms. The fourth-order valence-corrected chi connectivity index (χ4v) is 2.50. The number of amides is 1. The molecule has 0 aliphatic heterocycles. The van der Waals surface area contributed by atoms with Gasteiger partial charge in [0, 0.05) is 28.0 Å². The number of aryl methyl sites for hydroxylation is 2. The number of hydrogen-bond acceptors (Lipinski definition) is 4. The number of benzene rings is 1. The first-order chi connectivity index (χ1) is 12.0. The molecular weight excluding hydrogens is 384 g/mol. The topological polar surface area (TPSA) is 68.3 Å². The van der Waals surface area contributed by atoms with E-state index in [0.29, 0.717) is 12.2 Å². The van der Waals surface area contributed by atoms with Gasteiger partial charge in [0.05, 0.1) is 13.0 Å². The average molecular weight is 405 g/mol. The molecule has 2 rings (SSSR count). The number of halogens is 1. The van der Waals surface area contributed by atoms with Crippen molar-refractivity contribution in [3.63, 3.8) is 0 Å². The van der Waals surface area contributed by atoms with Crippen LogP contribution in [0.25, 0.3) is 0 Å². The van der Waals surface area contributed by atoms with Gasteiger partial charge in [-0.05, 0) is 56.2 Å². The van der Waals surface area contributed by atoms with Gasteiger partial charge in [0.25, 0.3) is 5.91 Å². The first-order valence-corrected chi connectivity index (χ1v) is 8.96. The Labute approximate surface area is 155 Å². The number of aromatic nitrogens is 1. The van der Waals surface area contributed by atoms with Gasteiger partial charge in [-0.1, -0.05) is 22.0 Å². The lowest BCUT2D eigenvalue weighted by Gasteiger charge is -2.07. The Morgan fingerprint density at radius 1 is 1.16 bits per heavy atom. The second-order valence-corrected chi connectivity index (χ2v) is 6.52. The maximum Gasteiger partial charge on any atom is 0.307 e. The van der Waals surface area contributed by atoms with E-state index in [4.69, 9.17) is 4.74 Å². The lowest BCUT2D eigenvalue weighted by molar-refractivity contribution is -0.143. The normalized spacial score (nSPS) is 10.3. The van der Waals surface area contributed by atoms with Crippen molar-refractivity contribution >= 4 is 27.8 Å². The van der Waals surface area contributed by atoms with Gasteiger partial charge in [-0.2, -0.15) is 0 Å². The van der Waals surface area contributed by atoms with Gasteiger partial charge in [-0.3, -0.25) is 14.6 Å². The maximum atomic E-state index is 11.9. The highest BCUT2D eigenvalue weighted by atomic mass is 79.9. The fraction of sp³-hybridized carbons (Fsp3) is 0.316. The zero-order valence-corrected chi connectivity index (χ0v) is 15.7. The van der Waals surface area contributed by atoms with Crippen molar-refractivity contribution in [1.29, 1.82) is 0 Å².